The van der Waals surface area contributed by atoms with E-state index >= 15 is 0 Å². The summed E-state index contributed by atoms with van der Waals surface area (Å²) < 4.78 is 1.85. The van der Waals surface area contributed by atoms with E-state index in [0.717, 1.165) is 35.6 Å². The maximum absolute atomic E-state index is 12.5. The summed E-state index contributed by atoms with van der Waals surface area (Å²) in [6, 6.07) is 3.74. The number of aromatic nitrogens is 3. The number of amides is 1. The first-order chi connectivity index (χ1) is 11.1. The van der Waals surface area contributed by atoms with Crippen LogP contribution in [0.4, 0.5) is 0 Å². The third kappa shape index (κ3) is 3.12. The Morgan fingerprint density at radius 3 is 2.74 bits per heavy atom. The highest BCUT2D eigenvalue weighted by Gasteiger charge is 2.27. The highest BCUT2D eigenvalue weighted by molar-refractivity contribution is 5.92. The Balaban J connectivity index is 1.70. The van der Waals surface area contributed by atoms with E-state index in [2.05, 4.69) is 9.97 Å². The third-order valence-electron chi connectivity index (χ3n) is 4.52. The Kier molecular flexibility index (Phi) is 4.43. The van der Waals surface area contributed by atoms with Crippen LogP contribution in [0.5, 0.6) is 0 Å². The molecule has 1 fully saturated rings. The molecule has 6 nitrogen and oxygen atoms in total. The van der Waals surface area contributed by atoms with E-state index in [1.807, 2.05) is 41.8 Å². The van der Waals surface area contributed by atoms with Crippen LogP contribution >= 0.6 is 0 Å². The molecular formula is C17H22N4O2. The maximum Gasteiger partial charge on any atom is 0.270 e. The highest BCUT2D eigenvalue weighted by Crippen LogP contribution is 2.29. The summed E-state index contributed by atoms with van der Waals surface area (Å²) in [6.07, 6.45) is 5.32. The SMILES string of the molecule is Cc1ncc(CO)c(C2CCN(C(=O)c3cccn3C)CC2)n1. The molecule has 3 heterocycles. The summed E-state index contributed by atoms with van der Waals surface area (Å²) in [7, 11) is 1.89. The third-order valence-corrected chi connectivity index (χ3v) is 4.52. The second kappa shape index (κ2) is 6.50. The fourth-order valence-electron chi connectivity index (χ4n) is 3.19. The lowest BCUT2D eigenvalue weighted by Crippen LogP contribution is -2.39. The number of carbonyl (C=O) groups excluding carboxylic acids is 1. The second-order valence-electron chi connectivity index (χ2n) is 6.06. The average Bonchev–Trinajstić information content (AvgIpc) is 3.00. The lowest BCUT2D eigenvalue weighted by molar-refractivity contribution is 0.0701. The Bertz CT molecular complexity index is 702. The van der Waals surface area contributed by atoms with Crippen LogP contribution < -0.4 is 0 Å². The molecule has 1 aliphatic rings. The molecule has 3 rings (SSSR count). The Hall–Kier alpha value is -2.21. The Morgan fingerprint density at radius 1 is 1.39 bits per heavy atom. The first-order valence-electron chi connectivity index (χ1n) is 7.94. The zero-order valence-electron chi connectivity index (χ0n) is 13.6. The van der Waals surface area contributed by atoms with Crippen LogP contribution in [0.3, 0.4) is 0 Å². The van der Waals surface area contributed by atoms with Gasteiger partial charge in [-0.15, -0.1) is 0 Å². The van der Waals surface area contributed by atoms with Crippen LogP contribution in [0, 0.1) is 6.92 Å². The number of hydrogen-bond donors (Lipinski definition) is 1. The minimum atomic E-state index is -0.0435. The molecule has 6 heteroatoms. The summed E-state index contributed by atoms with van der Waals surface area (Å²) in [5.74, 6) is 1.08. The molecular weight excluding hydrogens is 292 g/mol. The number of carbonyl (C=O) groups is 1. The van der Waals surface area contributed by atoms with Crippen LogP contribution in [0.25, 0.3) is 0 Å². The molecule has 1 N–H and O–H groups in total. The minimum Gasteiger partial charge on any atom is -0.392 e. The van der Waals surface area contributed by atoms with E-state index in [4.69, 9.17) is 0 Å². The van der Waals surface area contributed by atoms with E-state index in [1.165, 1.54) is 0 Å². The molecule has 23 heavy (non-hydrogen) atoms. The zero-order valence-corrected chi connectivity index (χ0v) is 13.6. The predicted molar refractivity (Wildman–Crippen MR) is 86.0 cm³/mol. The van der Waals surface area contributed by atoms with Crippen molar-refractivity contribution in [2.24, 2.45) is 7.05 Å². The van der Waals surface area contributed by atoms with Gasteiger partial charge >= 0.3 is 0 Å². The standard InChI is InChI=1S/C17H22N4O2/c1-12-18-10-14(11-22)16(19-12)13-5-8-21(9-6-13)17(23)15-4-3-7-20(15)2/h3-4,7,10,13,22H,5-6,8-9,11H2,1-2H3. The number of likely N-dealkylation sites (tertiary alicyclic amines) is 1. The minimum absolute atomic E-state index is 0.0435. The van der Waals surface area contributed by atoms with Gasteiger partial charge in [0.25, 0.3) is 5.91 Å². The van der Waals surface area contributed by atoms with Gasteiger partial charge in [-0.1, -0.05) is 0 Å². The van der Waals surface area contributed by atoms with Gasteiger partial charge < -0.3 is 14.6 Å². The monoisotopic (exact) mass is 314 g/mol. The second-order valence-corrected chi connectivity index (χ2v) is 6.06. The number of hydrogen-bond acceptors (Lipinski definition) is 4. The van der Waals surface area contributed by atoms with Crippen LogP contribution in [-0.4, -0.2) is 43.5 Å². The molecule has 0 bridgehead atoms. The fraction of sp³-hybridized carbons (Fsp3) is 0.471. The molecule has 122 valence electrons. The molecule has 0 unspecified atom stereocenters. The van der Waals surface area contributed by atoms with Crippen molar-refractivity contribution >= 4 is 5.91 Å². The molecule has 0 radical (unpaired) electrons. The number of aryl methyl sites for hydroxylation is 2. The normalized spacial score (nSPS) is 15.9. The molecule has 0 aliphatic carbocycles. The van der Waals surface area contributed by atoms with Crippen molar-refractivity contribution in [1.82, 2.24) is 19.4 Å². The molecule has 2 aromatic heterocycles. The molecule has 0 spiro atoms. The fourth-order valence-corrected chi connectivity index (χ4v) is 3.19. The lowest BCUT2D eigenvalue weighted by atomic mass is 9.90. The van der Waals surface area contributed by atoms with Crippen molar-refractivity contribution in [3.8, 4) is 0 Å². The van der Waals surface area contributed by atoms with Gasteiger partial charge in [-0.2, -0.15) is 0 Å². The van der Waals surface area contributed by atoms with Crippen molar-refractivity contribution in [3.05, 3.63) is 47.3 Å². The van der Waals surface area contributed by atoms with Crippen molar-refractivity contribution in [1.29, 1.82) is 0 Å². The first kappa shape index (κ1) is 15.7. The van der Waals surface area contributed by atoms with Gasteiger partial charge in [0.05, 0.1) is 12.3 Å². The van der Waals surface area contributed by atoms with Gasteiger partial charge in [-0.05, 0) is 31.9 Å². The number of nitrogens with zero attached hydrogens (tertiary/aromatic N) is 4. The van der Waals surface area contributed by atoms with Crippen LogP contribution in [0.1, 0.15) is 46.3 Å². The van der Waals surface area contributed by atoms with E-state index in [9.17, 15) is 9.90 Å². The Labute approximate surface area is 135 Å². The molecule has 2 aromatic rings. The van der Waals surface area contributed by atoms with Gasteiger partial charge in [0.15, 0.2) is 0 Å². The van der Waals surface area contributed by atoms with Crippen molar-refractivity contribution in [2.45, 2.75) is 32.3 Å². The number of rotatable bonds is 3. The Morgan fingerprint density at radius 2 is 2.13 bits per heavy atom. The van der Waals surface area contributed by atoms with Gasteiger partial charge in [-0.3, -0.25) is 4.79 Å². The van der Waals surface area contributed by atoms with Gasteiger partial charge in [0.1, 0.15) is 11.5 Å². The van der Waals surface area contributed by atoms with Gasteiger partial charge in [0.2, 0.25) is 0 Å². The van der Waals surface area contributed by atoms with Crippen molar-refractivity contribution in [3.63, 3.8) is 0 Å². The van der Waals surface area contributed by atoms with Gasteiger partial charge in [-0.25, -0.2) is 9.97 Å². The zero-order chi connectivity index (χ0) is 16.4. The van der Waals surface area contributed by atoms with Gasteiger partial charge in [0, 0.05) is 44.0 Å². The maximum atomic E-state index is 12.5. The lowest BCUT2D eigenvalue weighted by Gasteiger charge is -2.32. The molecule has 0 saturated carbocycles. The number of aliphatic hydroxyl groups is 1. The number of aliphatic hydroxyl groups excluding tert-OH is 1. The quantitative estimate of drug-likeness (QED) is 0.935. The van der Waals surface area contributed by atoms with E-state index in [-0.39, 0.29) is 18.4 Å². The van der Waals surface area contributed by atoms with E-state index in [1.54, 1.807) is 6.20 Å². The molecule has 0 atom stereocenters. The molecule has 1 saturated heterocycles. The van der Waals surface area contributed by atoms with E-state index in [0.29, 0.717) is 13.1 Å². The topological polar surface area (TPSA) is 71.2 Å². The number of piperidine rings is 1. The van der Waals surface area contributed by atoms with Crippen LogP contribution in [0.15, 0.2) is 24.5 Å². The van der Waals surface area contributed by atoms with Crippen LogP contribution in [-0.2, 0) is 13.7 Å². The summed E-state index contributed by atoms with van der Waals surface area (Å²) in [5, 5.41) is 9.49. The van der Waals surface area contributed by atoms with Crippen LogP contribution in [0.2, 0.25) is 0 Å². The summed E-state index contributed by atoms with van der Waals surface area (Å²) in [4.78, 5) is 23.1. The summed E-state index contributed by atoms with van der Waals surface area (Å²) in [5.41, 5.74) is 2.45. The molecule has 1 aliphatic heterocycles. The smallest absolute Gasteiger partial charge is 0.270 e. The predicted octanol–water partition coefficient (Wildman–Crippen LogP) is 1.64. The van der Waals surface area contributed by atoms with Crippen molar-refractivity contribution in [2.75, 3.05) is 13.1 Å². The van der Waals surface area contributed by atoms with E-state index < -0.39 is 0 Å². The summed E-state index contributed by atoms with van der Waals surface area (Å²) in [6.45, 7) is 3.24. The highest BCUT2D eigenvalue weighted by atomic mass is 16.3. The largest absolute Gasteiger partial charge is 0.392 e. The average molecular weight is 314 g/mol. The van der Waals surface area contributed by atoms with Crippen molar-refractivity contribution < 1.29 is 9.90 Å². The summed E-state index contributed by atoms with van der Waals surface area (Å²) >= 11 is 0. The first-order valence-corrected chi connectivity index (χ1v) is 7.94. The molecule has 0 aromatic carbocycles. The molecule has 1 amide bonds.